The number of methoxy groups -OCH3 is 1. The lowest BCUT2D eigenvalue weighted by Crippen LogP contribution is -2.20. The second kappa shape index (κ2) is 6.31. The molecular weight excluding hydrogens is 262 g/mol. The Bertz CT molecular complexity index is 631. The van der Waals surface area contributed by atoms with Crippen molar-refractivity contribution in [1.82, 2.24) is 15.1 Å². The van der Waals surface area contributed by atoms with E-state index in [0.717, 1.165) is 29.2 Å². The first-order valence-corrected chi connectivity index (χ1v) is 7.44. The molecule has 1 heterocycles. The van der Waals surface area contributed by atoms with Crippen LogP contribution in [0.5, 0.6) is 5.75 Å². The van der Waals surface area contributed by atoms with Gasteiger partial charge < -0.3 is 10.1 Å². The van der Waals surface area contributed by atoms with Gasteiger partial charge in [-0.1, -0.05) is 13.0 Å². The Kier molecular flexibility index (Phi) is 4.68. The van der Waals surface area contributed by atoms with Crippen molar-refractivity contribution in [3.05, 3.63) is 40.7 Å². The number of hydrogen-bond donors (Lipinski definition) is 1. The van der Waals surface area contributed by atoms with Crippen LogP contribution < -0.4 is 10.1 Å². The van der Waals surface area contributed by atoms with Crippen LogP contribution in [0.2, 0.25) is 0 Å². The van der Waals surface area contributed by atoms with Gasteiger partial charge >= 0.3 is 0 Å². The van der Waals surface area contributed by atoms with E-state index in [2.05, 4.69) is 39.1 Å². The molecule has 1 unspecified atom stereocenters. The Morgan fingerprint density at radius 1 is 1.29 bits per heavy atom. The third-order valence-electron chi connectivity index (χ3n) is 4.09. The lowest BCUT2D eigenvalue weighted by molar-refractivity contribution is 0.401. The highest BCUT2D eigenvalue weighted by Gasteiger charge is 2.19. The van der Waals surface area contributed by atoms with Crippen LogP contribution in [0, 0.1) is 20.8 Å². The predicted octanol–water partition coefficient (Wildman–Crippen LogP) is 3.48. The van der Waals surface area contributed by atoms with E-state index in [9.17, 15) is 0 Å². The highest BCUT2D eigenvalue weighted by Crippen LogP contribution is 2.32. The van der Waals surface area contributed by atoms with Crippen molar-refractivity contribution in [3.63, 3.8) is 0 Å². The Labute approximate surface area is 127 Å². The summed E-state index contributed by atoms with van der Waals surface area (Å²) in [6, 6.07) is 6.32. The van der Waals surface area contributed by atoms with E-state index >= 15 is 0 Å². The summed E-state index contributed by atoms with van der Waals surface area (Å²) in [6.07, 6.45) is 0. The first-order valence-electron chi connectivity index (χ1n) is 7.44. The molecule has 2 rings (SSSR count). The minimum atomic E-state index is 0.199. The van der Waals surface area contributed by atoms with Crippen molar-refractivity contribution in [1.29, 1.82) is 0 Å². The smallest absolute Gasteiger partial charge is 0.125 e. The Morgan fingerprint density at radius 2 is 2.00 bits per heavy atom. The monoisotopic (exact) mass is 287 g/mol. The molecule has 0 amide bonds. The molecule has 1 atom stereocenters. The second-order valence-corrected chi connectivity index (χ2v) is 5.38. The van der Waals surface area contributed by atoms with Gasteiger partial charge in [0.25, 0.3) is 0 Å². The van der Waals surface area contributed by atoms with Crippen LogP contribution in [0.25, 0.3) is 5.69 Å². The van der Waals surface area contributed by atoms with Gasteiger partial charge in [-0.05, 0) is 51.9 Å². The molecule has 1 N–H and O–H groups in total. The van der Waals surface area contributed by atoms with Crippen LogP contribution in [-0.2, 0) is 0 Å². The quantitative estimate of drug-likeness (QED) is 0.915. The molecule has 2 aromatic rings. The molecule has 21 heavy (non-hydrogen) atoms. The molecule has 0 saturated heterocycles. The zero-order valence-electron chi connectivity index (χ0n) is 13.8. The van der Waals surface area contributed by atoms with Crippen LogP contribution in [0.3, 0.4) is 0 Å². The molecule has 114 valence electrons. The van der Waals surface area contributed by atoms with Crippen molar-refractivity contribution in [3.8, 4) is 11.4 Å². The first-order chi connectivity index (χ1) is 10.0. The number of nitrogens with one attached hydrogen (secondary N) is 1. The van der Waals surface area contributed by atoms with Crippen molar-refractivity contribution >= 4 is 0 Å². The van der Waals surface area contributed by atoms with Crippen LogP contribution in [0.15, 0.2) is 18.2 Å². The topological polar surface area (TPSA) is 39.1 Å². The molecule has 0 aliphatic carbocycles. The average molecular weight is 287 g/mol. The van der Waals surface area contributed by atoms with Gasteiger partial charge in [0.2, 0.25) is 0 Å². The third-order valence-corrected chi connectivity index (χ3v) is 4.09. The molecular formula is C17H25N3O. The Morgan fingerprint density at radius 3 is 2.52 bits per heavy atom. The molecule has 1 aromatic heterocycles. The largest absolute Gasteiger partial charge is 0.496 e. The molecule has 4 heteroatoms. The van der Waals surface area contributed by atoms with Crippen LogP contribution in [0.4, 0.5) is 0 Å². The zero-order valence-corrected chi connectivity index (χ0v) is 13.8. The molecule has 1 aromatic carbocycles. The van der Waals surface area contributed by atoms with Gasteiger partial charge in [-0.25, -0.2) is 4.68 Å². The zero-order chi connectivity index (χ0) is 15.6. The van der Waals surface area contributed by atoms with E-state index in [1.54, 1.807) is 7.11 Å². The minimum Gasteiger partial charge on any atom is -0.496 e. The number of rotatable bonds is 5. The number of aromatic nitrogens is 2. The minimum absolute atomic E-state index is 0.199. The van der Waals surface area contributed by atoms with Gasteiger partial charge in [-0.3, -0.25) is 0 Å². The maximum Gasteiger partial charge on any atom is 0.125 e. The fraction of sp³-hybridized carbons (Fsp3) is 0.471. The maximum atomic E-state index is 5.57. The highest BCUT2D eigenvalue weighted by atomic mass is 16.5. The molecule has 0 fully saturated rings. The van der Waals surface area contributed by atoms with Gasteiger partial charge in [0, 0.05) is 17.3 Å². The van der Waals surface area contributed by atoms with Gasteiger partial charge in [0.15, 0.2) is 0 Å². The van der Waals surface area contributed by atoms with E-state index in [1.165, 1.54) is 11.3 Å². The summed E-state index contributed by atoms with van der Waals surface area (Å²) >= 11 is 0. The second-order valence-electron chi connectivity index (χ2n) is 5.38. The Balaban J connectivity index is 2.65. The van der Waals surface area contributed by atoms with Gasteiger partial charge in [-0.15, -0.1) is 0 Å². The SMILES string of the molecule is CCNC(C)c1c(OC)cccc1-n1nc(C)c(C)c1C. The van der Waals surface area contributed by atoms with Gasteiger partial charge in [-0.2, -0.15) is 5.10 Å². The fourth-order valence-electron chi connectivity index (χ4n) is 2.69. The molecule has 0 aliphatic heterocycles. The average Bonchev–Trinajstić information content (AvgIpc) is 2.74. The summed E-state index contributed by atoms with van der Waals surface area (Å²) in [4.78, 5) is 0. The highest BCUT2D eigenvalue weighted by molar-refractivity contribution is 5.52. The number of aryl methyl sites for hydroxylation is 1. The molecule has 0 spiro atoms. The third kappa shape index (κ3) is 2.81. The summed E-state index contributed by atoms with van der Waals surface area (Å²) < 4.78 is 7.59. The summed E-state index contributed by atoms with van der Waals surface area (Å²) in [5.74, 6) is 0.895. The van der Waals surface area contributed by atoms with E-state index in [4.69, 9.17) is 9.84 Å². The number of hydrogen-bond acceptors (Lipinski definition) is 3. The van der Waals surface area contributed by atoms with E-state index < -0.39 is 0 Å². The van der Waals surface area contributed by atoms with Crippen molar-refractivity contribution in [2.45, 2.75) is 40.7 Å². The summed E-state index contributed by atoms with van der Waals surface area (Å²) in [5, 5.41) is 8.16. The lowest BCUT2D eigenvalue weighted by Gasteiger charge is -2.21. The maximum absolute atomic E-state index is 5.57. The van der Waals surface area contributed by atoms with Gasteiger partial charge in [0.1, 0.15) is 5.75 Å². The Hall–Kier alpha value is -1.81. The molecule has 0 bridgehead atoms. The summed E-state index contributed by atoms with van der Waals surface area (Å²) in [6.45, 7) is 11.4. The molecule has 0 radical (unpaired) electrons. The number of benzene rings is 1. The first kappa shape index (κ1) is 15.6. The molecule has 0 saturated carbocycles. The lowest BCUT2D eigenvalue weighted by atomic mass is 10.0. The normalized spacial score (nSPS) is 12.5. The number of ether oxygens (including phenoxy) is 1. The van der Waals surface area contributed by atoms with Crippen molar-refractivity contribution in [2.24, 2.45) is 0 Å². The van der Waals surface area contributed by atoms with Crippen LogP contribution in [0.1, 0.15) is 42.4 Å². The van der Waals surface area contributed by atoms with E-state index in [1.807, 2.05) is 23.7 Å². The summed E-state index contributed by atoms with van der Waals surface area (Å²) in [7, 11) is 1.72. The summed E-state index contributed by atoms with van der Waals surface area (Å²) in [5.41, 5.74) is 5.70. The predicted molar refractivity (Wildman–Crippen MR) is 86.4 cm³/mol. The number of nitrogens with zero attached hydrogens (tertiary/aromatic N) is 2. The standard InChI is InChI=1S/C17H25N3O/c1-7-18-13(4)17-15(9-8-10-16(17)21-6)20-14(5)11(2)12(3)19-20/h8-10,13,18H,7H2,1-6H3. The van der Waals surface area contributed by atoms with E-state index in [-0.39, 0.29) is 6.04 Å². The van der Waals surface area contributed by atoms with Gasteiger partial charge in [0.05, 0.1) is 18.5 Å². The van der Waals surface area contributed by atoms with Crippen molar-refractivity contribution < 1.29 is 4.74 Å². The molecule has 0 aliphatic rings. The van der Waals surface area contributed by atoms with Crippen LogP contribution in [-0.4, -0.2) is 23.4 Å². The van der Waals surface area contributed by atoms with E-state index in [0.29, 0.717) is 0 Å². The van der Waals surface area contributed by atoms with Crippen molar-refractivity contribution in [2.75, 3.05) is 13.7 Å². The fourth-order valence-corrected chi connectivity index (χ4v) is 2.69. The van der Waals surface area contributed by atoms with Crippen LogP contribution >= 0.6 is 0 Å². The molecule has 4 nitrogen and oxygen atoms in total.